The van der Waals surface area contributed by atoms with Crippen molar-refractivity contribution < 1.29 is 6.85 Å². The Balaban J connectivity index is 1.09. The Bertz CT molecular complexity index is 4080. The SMILES string of the molecule is [2H]c1c([2H])c([2H])c(-c2ccc3c(c2)N(c2ccc4c(c2)sc2ccccc24)c2cccc4c2B3c2sc3ccc(-c5ccccc5)cc3c2N4c2cccc3c2sc2ccccc23)c([2H])c1[2H]. The molecule has 2 nitrogen and oxygen atoms in total. The average molecular weight is 846 g/mol. The highest BCUT2D eigenvalue weighted by atomic mass is 32.1. The third-order valence-electron chi connectivity index (χ3n) is 12.7. The topological polar surface area (TPSA) is 6.48 Å². The van der Waals surface area contributed by atoms with E-state index < -0.39 is 6.04 Å². The van der Waals surface area contributed by atoms with E-state index >= 15 is 0 Å². The molecular weight excluding hydrogens is 808 g/mol. The fraction of sp³-hybridized carbons (Fsp3) is 0. The monoisotopic (exact) mass is 845 g/mol. The molecule has 14 rings (SSSR count). The molecule has 0 saturated carbocycles. The lowest BCUT2D eigenvalue weighted by Crippen LogP contribution is -2.60. The highest BCUT2D eigenvalue weighted by Crippen LogP contribution is 2.52. The van der Waals surface area contributed by atoms with Gasteiger partial charge in [-0.05, 0) is 93.8 Å². The molecule has 0 N–H and O–H groups in total. The van der Waals surface area contributed by atoms with Crippen molar-refractivity contribution in [2.75, 3.05) is 9.80 Å². The number of hydrogen-bond donors (Lipinski definition) is 0. The van der Waals surface area contributed by atoms with Gasteiger partial charge in [-0.3, -0.25) is 0 Å². The molecule has 0 unspecified atom stereocenters. The molecule has 9 aromatic carbocycles. The Hall–Kier alpha value is -6.96. The molecule has 0 atom stereocenters. The van der Waals surface area contributed by atoms with E-state index in [1.807, 2.05) is 28.7 Å². The minimum atomic E-state index is -0.401. The van der Waals surface area contributed by atoms with Gasteiger partial charge in [0.1, 0.15) is 0 Å². The van der Waals surface area contributed by atoms with E-state index in [9.17, 15) is 0 Å². The maximum absolute atomic E-state index is 9.05. The Kier molecular flexibility index (Phi) is 6.45. The smallest absolute Gasteiger partial charge is 0.264 e. The lowest BCUT2D eigenvalue weighted by atomic mass is 9.36. The number of thiophene rings is 3. The van der Waals surface area contributed by atoms with Gasteiger partial charge >= 0.3 is 0 Å². The number of fused-ring (bicyclic) bond motifs is 12. The van der Waals surface area contributed by atoms with Crippen LogP contribution < -0.4 is 25.5 Å². The van der Waals surface area contributed by atoms with Crippen LogP contribution in [0.1, 0.15) is 6.85 Å². The number of rotatable bonds is 4. The fourth-order valence-electron chi connectivity index (χ4n) is 10.1. The van der Waals surface area contributed by atoms with Crippen LogP contribution >= 0.6 is 34.0 Å². The van der Waals surface area contributed by atoms with E-state index in [2.05, 4.69) is 174 Å². The van der Waals surface area contributed by atoms with E-state index in [0.29, 0.717) is 5.56 Å². The second-order valence-electron chi connectivity index (χ2n) is 16.0. The summed E-state index contributed by atoms with van der Waals surface area (Å²) in [6.45, 7) is -0.176. The van der Waals surface area contributed by atoms with E-state index in [1.54, 1.807) is 11.3 Å². The minimum Gasteiger partial charge on any atom is -0.311 e. The van der Waals surface area contributed by atoms with Crippen LogP contribution in [0.25, 0.3) is 72.7 Å². The summed E-state index contributed by atoms with van der Waals surface area (Å²) < 4.78 is 51.0. The molecule has 12 aromatic rings. The molecule has 288 valence electrons. The van der Waals surface area contributed by atoms with E-state index in [-0.39, 0.29) is 36.4 Å². The third kappa shape index (κ3) is 4.97. The summed E-state index contributed by atoms with van der Waals surface area (Å²) in [6.07, 6.45) is 0. The first-order valence-electron chi connectivity index (χ1n) is 23.2. The van der Waals surface area contributed by atoms with Gasteiger partial charge in [-0.1, -0.05) is 139 Å². The maximum Gasteiger partial charge on any atom is 0.264 e. The predicted octanol–water partition coefficient (Wildman–Crippen LogP) is 15.1. The first-order valence-corrected chi connectivity index (χ1v) is 23.1. The molecule has 2 aliphatic rings. The number of benzene rings is 9. The summed E-state index contributed by atoms with van der Waals surface area (Å²) >= 11 is 5.46. The third-order valence-corrected chi connectivity index (χ3v) is 16.3. The van der Waals surface area contributed by atoms with Gasteiger partial charge in [-0.25, -0.2) is 0 Å². The highest BCUT2D eigenvalue weighted by Gasteiger charge is 2.45. The summed E-state index contributed by atoms with van der Waals surface area (Å²) in [5.41, 5.74) is 11.7. The zero-order valence-corrected chi connectivity index (χ0v) is 35.3. The Morgan fingerprint density at radius 3 is 1.92 bits per heavy atom. The average Bonchev–Trinajstić information content (AvgIpc) is 4.06. The van der Waals surface area contributed by atoms with Gasteiger partial charge in [0, 0.05) is 73.3 Å². The molecule has 6 heteroatoms. The largest absolute Gasteiger partial charge is 0.311 e. The van der Waals surface area contributed by atoms with Gasteiger partial charge < -0.3 is 9.80 Å². The zero-order chi connectivity index (χ0) is 44.8. The molecule has 3 aromatic heterocycles. The standard InChI is InChI=1S/C56H33BN2S3/c1-3-13-34(14-4-1)36-26-30-51-43(31-36)54-56(62-51)57-44-29-25-37(35-15-5-2-6-16-35)32-48(44)58(38-27-28-41-39-17-7-9-23-49(39)60-52(41)33-38)45-20-12-21-46(53(45)57)59(54)47-22-11-19-42-40-18-8-10-24-50(40)61-55(42)47/h1-33H/i2D,5D,6D,15D,16D. The molecule has 0 spiro atoms. The van der Waals surface area contributed by atoms with Crippen LogP contribution in [-0.2, 0) is 0 Å². The first kappa shape index (κ1) is 30.1. The van der Waals surface area contributed by atoms with Crippen LogP contribution in [0.2, 0.25) is 0 Å². The van der Waals surface area contributed by atoms with E-state index in [1.165, 1.54) is 60.7 Å². The van der Waals surface area contributed by atoms with Crippen molar-refractivity contribution in [1.29, 1.82) is 0 Å². The fourth-order valence-corrected chi connectivity index (χ4v) is 13.7. The summed E-state index contributed by atoms with van der Waals surface area (Å²) in [5.74, 6) is 0. The highest BCUT2D eigenvalue weighted by molar-refractivity contribution is 7.34. The van der Waals surface area contributed by atoms with E-state index in [0.717, 1.165) is 50.7 Å². The molecule has 0 saturated heterocycles. The maximum atomic E-state index is 9.05. The molecule has 2 aliphatic heterocycles. The molecule has 0 aliphatic carbocycles. The van der Waals surface area contributed by atoms with Crippen molar-refractivity contribution in [1.82, 2.24) is 0 Å². The number of nitrogens with zero attached hydrogens (tertiary/aromatic N) is 2. The number of hydrogen-bond acceptors (Lipinski definition) is 5. The Morgan fingerprint density at radius 2 is 1.06 bits per heavy atom. The molecule has 0 amide bonds. The van der Waals surface area contributed by atoms with Crippen molar-refractivity contribution >= 4 is 141 Å². The van der Waals surface area contributed by atoms with Crippen LogP contribution in [0, 0.1) is 0 Å². The van der Waals surface area contributed by atoms with Crippen LogP contribution in [-0.4, -0.2) is 6.71 Å². The lowest BCUT2D eigenvalue weighted by Gasteiger charge is -2.43. The lowest BCUT2D eigenvalue weighted by molar-refractivity contribution is 1.27. The van der Waals surface area contributed by atoms with Gasteiger partial charge in [0.15, 0.2) is 0 Å². The van der Waals surface area contributed by atoms with Crippen LogP contribution in [0.4, 0.5) is 34.1 Å². The van der Waals surface area contributed by atoms with Gasteiger partial charge in [0.25, 0.3) is 6.71 Å². The zero-order valence-electron chi connectivity index (χ0n) is 37.9. The molecule has 62 heavy (non-hydrogen) atoms. The molecule has 5 heterocycles. The first-order chi connectivity index (χ1) is 32.8. The second-order valence-corrected chi connectivity index (χ2v) is 19.2. The Labute approximate surface area is 377 Å². The van der Waals surface area contributed by atoms with Gasteiger partial charge in [-0.2, -0.15) is 0 Å². The normalized spacial score (nSPS) is 14.2. The summed E-state index contributed by atoms with van der Waals surface area (Å²) in [4.78, 5) is 4.88. The van der Waals surface area contributed by atoms with Crippen molar-refractivity contribution in [3.63, 3.8) is 0 Å². The summed E-state index contributed by atoms with van der Waals surface area (Å²) in [6, 6.07) is 59.5. The quantitative estimate of drug-likeness (QED) is 0.163. The molecule has 0 bridgehead atoms. The predicted molar refractivity (Wildman–Crippen MR) is 272 cm³/mol. The molecular formula is C56H33BN2S3. The minimum absolute atomic E-state index is 0.176. The van der Waals surface area contributed by atoms with Crippen LogP contribution in [0.3, 0.4) is 0 Å². The van der Waals surface area contributed by atoms with Crippen LogP contribution in [0.15, 0.2) is 200 Å². The van der Waals surface area contributed by atoms with E-state index in [4.69, 9.17) is 6.85 Å². The van der Waals surface area contributed by atoms with Crippen molar-refractivity contribution in [2.45, 2.75) is 0 Å². The molecule has 0 fully saturated rings. The molecule has 0 radical (unpaired) electrons. The Morgan fingerprint density at radius 1 is 0.403 bits per heavy atom. The summed E-state index contributed by atoms with van der Waals surface area (Å²) in [5, 5.41) is 6.11. The van der Waals surface area contributed by atoms with Crippen LogP contribution in [0.5, 0.6) is 0 Å². The van der Waals surface area contributed by atoms with Gasteiger partial charge in [0.05, 0.1) is 22.9 Å². The summed E-state index contributed by atoms with van der Waals surface area (Å²) in [7, 11) is 0. The van der Waals surface area contributed by atoms with Gasteiger partial charge in [0.2, 0.25) is 0 Å². The van der Waals surface area contributed by atoms with Crippen molar-refractivity contribution in [2.24, 2.45) is 0 Å². The second kappa shape index (κ2) is 13.3. The van der Waals surface area contributed by atoms with Crippen molar-refractivity contribution in [3.05, 3.63) is 200 Å². The van der Waals surface area contributed by atoms with Crippen molar-refractivity contribution in [3.8, 4) is 22.3 Å². The van der Waals surface area contributed by atoms with Gasteiger partial charge in [-0.15, -0.1) is 34.0 Å². The number of anilines is 6.